The zero-order valence-corrected chi connectivity index (χ0v) is 23.0. The quantitative estimate of drug-likeness (QED) is 0.413. The van der Waals surface area contributed by atoms with Gasteiger partial charge in [-0.3, -0.25) is 9.59 Å². The van der Waals surface area contributed by atoms with Gasteiger partial charge in [0.25, 0.3) is 5.91 Å². The lowest BCUT2D eigenvalue weighted by atomic mass is 9.75. The van der Waals surface area contributed by atoms with E-state index in [1.807, 2.05) is 23.1 Å². The van der Waals surface area contributed by atoms with Gasteiger partial charge in [0.05, 0.1) is 39.3 Å². The molecule has 0 spiro atoms. The van der Waals surface area contributed by atoms with Crippen molar-refractivity contribution >= 4 is 11.8 Å². The molecule has 1 saturated heterocycles. The Kier molecular flexibility index (Phi) is 8.19. The lowest BCUT2D eigenvalue weighted by Crippen LogP contribution is -3.28. The molecule has 2 aromatic carbocycles. The Labute approximate surface area is 225 Å². The highest BCUT2D eigenvalue weighted by Crippen LogP contribution is 2.48. The number of ether oxygens (including phenoxy) is 2. The molecular formula is C30H42N4O4+2. The average molecular weight is 523 g/mol. The van der Waals surface area contributed by atoms with Gasteiger partial charge in [-0.05, 0) is 41.7 Å². The SMILES string of the molecule is CCC[NH+]1CC[NH+](CCCNC(=O)C2c3cc(OC)c(OC)cc3C(=O)N3CCc4ccccc4C23)CC1. The summed E-state index contributed by atoms with van der Waals surface area (Å²) in [5, 5.41) is 3.24. The van der Waals surface area contributed by atoms with Crippen LogP contribution in [0.5, 0.6) is 11.5 Å². The minimum absolute atomic E-state index is 0.0371. The van der Waals surface area contributed by atoms with Gasteiger partial charge in [0.1, 0.15) is 26.2 Å². The molecule has 8 heteroatoms. The van der Waals surface area contributed by atoms with E-state index < -0.39 is 5.92 Å². The highest BCUT2D eigenvalue weighted by Gasteiger charge is 2.46. The van der Waals surface area contributed by atoms with Crippen LogP contribution in [-0.4, -0.2) is 83.3 Å². The van der Waals surface area contributed by atoms with Gasteiger partial charge in [-0.2, -0.15) is 0 Å². The molecule has 3 N–H and O–H groups in total. The molecule has 3 heterocycles. The first-order valence-corrected chi connectivity index (χ1v) is 14.1. The number of piperazine rings is 1. The Balaban J connectivity index is 1.36. The summed E-state index contributed by atoms with van der Waals surface area (Å²) < 4.78 is 11.1. The molecule has 0 aliphatic carbocycles. The largest absolute Gasteiger partial charge is 0.493 e. The third-order valence-corrected chi connectivity index (χ3v) is 8.59. The van der Waals surface area contributed by atoms with Crippen molar-refractivity contribution in [2.24, 2.45) is 0 Å². The van der Waals surface area contributed by atoms with E-state index in [0.29, 0.717) is 35.7 Å². The first-order valence-electron chi connectivity index (χ1n) is 14.1. The highest BCUT2D eigenvalue weighted by atomic mass is 16.5. The van der Waals surface area contributed by atoms with Crippen LogP contribution >= 0.6 is 0 Å². The highest BCUT2D eigenvalue weighted by molar-refractivity contribution is 6.02. The van der Waals surface area contributed by atoms with Gasteiger partial charge in [0, 0.05) is 25.1 Å². The van der Waals surface area contributed by atoms with E-state index in [9.17, 15) is 9.59 Å². The Bertz CT molecular complexity index is 1160. The van der Waals surface area contributed by atoms with E-state index in [4.69, 9.17) is 9.47 Å². The van der Waals surface area contributed by atoms with Crippen molar-refractivity contribution in [2.45, 2.75) is 38.1 Å². The minimum Gasteiger partial charge on any atom is -0.493 e. The van der Waals surface area contributed by atoms with Crippen molar-refractivity contribution in [1.29, 1.82) is 0 Å². The number of carbonyl (C=O) groups is 2. The predicted molar refractivity (Wildman–Crippen MR) is 145 cm³/mol. The summed E-state index contributed by atoms with van der Waals surface area (Å²) in [6.07, 6.45) is 2.97. The van der Waals surface area contributed by atoms with E-state index in [1.54, 1.807) is 30.1 Å². The molecule has 5 rings (SSSR count). The molecule has 0 bridgehead atoms. The lowest BCUT2D eigenvalue weighted by Gasteiger charge is -2.45. The first-order chi connectivity index (χ1) is 18.5. The fraction of sp³-hybridized carbons (Fsp3) is 0.533. The summed E-state index contributed by atoms with van der Waals surface area (Å²) in [4.78, 5) is 32.8. The number of hydrogen-bond donors (Lipinski definition) is 3. The normalized spacial score (nSPS) is 24.2. The van der Waals surface area contributed by atoms with E-state index in [-0.39, 0.29) is 17.9 Å². The number of rotatable bonds is 9. The first kappa shape index (κ1) is 26.5. The zero-order chi connectivity index (χ0) is 26.6. The van der Waals surface area contributed by atoms with Gasteiger partial charge < -0.3 is 29.5 Å². The number of quaternary nitrogens is 2. The van der Waals surface area contributed by atoms with E-state index in [2.05, 4.69) is 24.4 Å². The Morgan fingerprint density at radius 3 is 2.39 bits per heavy atom. The van der Waals surface area contributed by atoms with Gasteiger partial charge >= 0.3 is 0 Å². The van der Waals surface area contributed by atoms with Crippen LogP contribution in [0.1, 0.15) is 58.8 Å². The molecule has 0 saturated carbocycles. The zero-order valence-electron chi connectivity index (χ0n) is 23.0. The van der Waals surface area contributed by atoms with Crippen LogP contribution < -0.4 is 24.6 Å². The predicted octanol–water partition coefficient (Wildman–Crippen LogP) is 0.240. The number of methoxy groups -OCH3 is 2. The van der Waals surface area contributed by atoms with Crippen molar-refractivity contribution in [2.75, 3.05) is 66.6 Å². The lowest BCUT2D eigenvalue weighted by molar-refractivity contribution is -1.01. The van der Waals surface area contributed by atoms with Crippen LogP contribution in [0.3, 0.4) is 0 Å². The number of nitrogens with zero attached hydrogens (tertiary/aromatic N) is 1. The van der Waals surface area contributed by atoms with Crippen molar-refractivity contribution in [3.05, 3.63) is 58.7 Å². The molecule has 1 fully saturated rings. The molecule has 2 amide bonds. The van der Waals surface area contributed by atoms with Gasteiger partial charge in [0.15, 0.2) is 11.5 Å². The Hall–Kier alpha value is -3.10. The second-order valence-electron chi connectivity index (χ2n) is 10.8. The van der Waals surface area contributed by atoms with E-state index in [0.717, 1.165) is 24.9 Å². The second kappa shape index (κ2) is 11.7. The van der Waals surface area contributed by atoms with Crippen molar-refractivity contribution in [1.82, 2.24) is 10.2 Å². The molecule has 38 heavy (non-hydrogen) atoms. The van der Waals surface area contributed by atoms with Crippen LogP contribution in [0, 0.1) is 0 Å². The maximum Gasteiger partial charge on any atom is 0.254 e. The van der Waals surface area contributed by atoms with Crippen LogP contribution in [0.15, 0.2) is 36.4 Å². The Morgan fingerprint density at radius 2 is 1.68 bits per heavy atom. The van der Waals surface area contributed by atoms with Gasteiger partial charge in [-0.25, -0.2) is 0 Å². The van der Waals surface area contributed by atoms with E-state index >= 15 is 0 Å². The van der Waals surface area contributed by atoms with Crippen molar-refractivity contribution < 1.29 is 28.9 Å². The smallest absolute Gasteiger partial charge is 0.254 e. The van der Waals surface area contributed by atoms with E-state index in [1.165, 1.54) is 44.7 Å². The topological polar surface area (TPSA) is 76.8 Å². The number of nitrogens with one attached hydrogen (secondary N) is 3. The summed E-state index contributed by atoms with van der Waals surface area (Å²) in [5.41, 5.74) is 3.50. The second-order valence-corrected chi connectivity index (χ2v) is 10.8. The summed E-state index contributed by atoms with van der Waals surface area (Å²) in [7, 11) is 3.15. The van der Waals surface area contributed by atoms with Gasteiger partial charge in [-0.15, -0.1) is 0 Å². The number of carbonyl (C=O) groups excluding carboxylic acids is 2. The summed E-state index contributed by atoms with van der Waals surface area (Å²) in [5.74, 6) is 0.417. The Morgan fingerprint density at radius 1 is 1.00 bits per heavy atom. The fourth-order valence-electron chi connectivity index (χ4n) is 6.60. The number of benzene rings is 2. The summed E-state index contributed by atoms with van der Waals surface area (Å²) in [6, 6.07) is 11.4. The fourth-order valence-corrected chi connectivity index (χ4v) is 6.60. The van der Waals surface area contributed by atoms with Gasteiger partial charge in [-0.1, -0.05) is 31.2 Å². The van der Waals surface area contributed by atoms with Crippen molar-refractivity contribution in [3.63, 3.8) is 0 Å². The minimum atomic E-state index is -0.516. The molecule has 8 nitrogen and oxygen atoms in total. The summed E-state index contributed by atoms with van der Waals surface area (Å²) in [6.45, 7) is 10.7. The summed E-state index contributed by atoms with van der Waals surface area (Å²) >= 11 is 0. The maximum atomic E-state index is 13.9. The van der Waals surface area contributed by atoms with Crippen LogP contribution in [-0.2, 0) is 11.2 Å². The standard InChI is InChI=1S/C30H40N4O4/c1-4-12-32-15-17-33(18-16-32)13-7-11-31-29(35)27-23-19-25(37-2)26(38-3)20-24(23)30(36)34-14-10-21-8-5-6-9-22(21)28(27)34/h5-6,8-9,19-20,27-28H,4,7,10-18H2,1-3H3,(H,31,35)/p+2. The molecule has 3 aliphatic rings. The monoisotopic (exact) mass is 522 g/mol. The molecular weight excluding hydrogens is 480 g/mol. The third-order valence-electron chi connectivity index (χ3n) is 8.59. The molecule has 204 valence electrons. The van der Waals surface area contributed by atoms with Crippen LogP contribution in [0.2, 0.25) is 0 Å². The third kappa shape index (κ3) is 5.12. The number of hydrogen-bond acceptors (Lipinski definition) is 4. The molecule has 2 unspecified atom stereocenters. The maximum absolute atomic E-state index is 13.9. The molecule has 0 aromatic heterocycles. The van der Waals surface area contributed by atoms with Crippen LogP contribution in [0.25, 0.3) is 0 Å². The van der Waals surface area contributed by atoms with Crippen LogP contribution in [0.4, 0.5) is 0 Å². The molecule has 3 aliphatic heterocycles. The molecule has 2 aromatic rings. The molecule has 2 atom stereocenters. The number of fused-ring (bicyclic) bond motifs is 4. The number of amides is 2. The van der Waals surface area contributed by atoms with Gasteiger partial charge in [0.2, 0.25) is 5.91 Å². The van der Waals surface area contributed by atoms with Crippen molar-refractivity contribution in [3.8, 4) is 11.5 Å². The average Bonchev–Trinajstić information content (AvgIpc) is 2.95. The molecule has 0 radical (unpaired) electrons.